The zero-order valence-electron chi connectivity index (χ0n) is 8.58. The second-order valence-electron chi connectivity index (χ2n) is 2.95. The molecule has 0 unspecified atom stereocenters. The first-order valence-electron chi connectivity index (χ1n) is 4.24. The summed E-state index contributed by atoms with van der Waals surface area (Å²) in [7, 11) is -2.61. The molecule has 0 bridgehead atoms. The molecule has 1 rings (SSSR count). The van der Waals surface area contributed by atoms with Crippen LogP contribution in [0.2, 0.25) is 0 Å². The minimum absolute atomic E-state index is 0.123. The van der Waals surface area contributed by atoms with Crippen LogP contribution in [0.4, 0.5) is 18.9 Å². The smallest absolute Gasteiger partial charge is 0.398 e. The maximum absolute atomic E-state index is 12.2. The van der Waals surface area contributed by atoms with Crippen LogP contribution in [0, 0.1) is 0 Å². The summed E-state index contributed by atoms with van der Waals surface area (Å²) in [6, 6.07) is 3.15. The Morgan fingerprint density at radius 1 is 1.35 bits per heavy atom. The topological polar surface area (TPSA) is 72.2 Å². The van der Waals surface area contributed by atoms with Gasteiger partial charge in [-0.25, -0.2) is 13.1 Å². The number of halogens is 3. The third kappa shape index (κ3) is 3.79. The number of nitrogen functional groups attached to an aromatic ring is 1. The zero-order valence-corrected chi connectivity index (χ0v) is 10.2. The number of alkyl halides is 3. The van der Waals surface area contributed by atoms with Gasteiger partial charge in [-0.2, -0.15) is 13.2 Å². The highest BCUT2D eigenvalue weighted by atomic mass is 32.2. The molecule has 1 aromatic rings. The highest BCUT2D eigenvalue weighted by Gasteiger charge is 2.30. The Morgan fingerprint density at radius 2 is 1.94 bits per heavy atom. The van der Waals surface area contributed by atoms with Gasteiger partial charge >= 0.3 is 5.51 Å². The first-order chi connectivity index (χ1) is 7.65. The summed E-state index contributed by atoms with van der Waals surface area (Å²) < 4.78 is 61.3. The van der Waals surface area contributed by atoms with E-state index in [1.54, 1.807) is 0 Å². The molecule has 0 saturated carbocycles. The van der Waals surface area contributed by atoms with E-state index in [1.807, 2.05) is 4.72 Å². The van der Waals surface area contributed by atoms with Gasteiger partial charge in [0.25, 0.3) is 0 Å². The van der Waals surface area contributed by atoms with Crippen molar-refractivity contribution in [3.05, 3.63) is 18.2 Å². The van der Waals surface area contributed by atoms with Crippen molar-refractivity contribution in [1.82, 2.24) is 4.72 Å². The Hall–Kier alpha value is -0.930. The fourth-order valence-corrected chi connectivity index (χ4v) is 2.46. The molecule has 9 heteroatoms. The van der Waals surface area contributed by atoms with Crippen molar-refractivity contribution in [2.45, 2.75) is 15.3 Å². The lowest BCUT2D eigenvalue weighted by atomic mass is 10.3. The molecule has 0 atom stereocenters. The van der Waals surface area contributed by atoms with E-state index in [0.29, 0.717) is 0 Å². The van der Waals surface area contributed by atoms with Crippen molar-refractivity contribution >= 4 is 27.5 Å². The molecular formula is C8H9F3N2O2S2. The molecule has 0 aliphatic carbocycles. The minimum Gasteiger partial charge on any atom is -0.398 e. The number of nitrogens with two attached hydrogens (primary N) is 1. The molecule has 17 heavy (non-hydrogen) atoms. The zero-order chi connectivity index (χ0) is 13.3. The van der Waals surface area contributed by atoms with Gasteiger partial charge in [0.05, 0.1) is 4.90 Å². The summed E-state index contributed by atoms with van der Waals surface area (Å²) >= 11 is -0.449. The standard InChI is InChI=1S/C8H9F3N2O2S2/c1-13-17(14,15)5-2-3-6(12)7(4-5)16-8(9,10)11/h2-4,13H,12H2,1H3. The molecular weight excluding hydrogens is 277 g/mol. The van der Waals surface area contributed by atoms with E-state index in [4.69, 9.17) is 5.73 Å². The van der Waals surface area contributed by atoms with Gasteiger partial charge in [0.2, 0.25) is 10.0 Å². The largest absolute Gasteiger partial charge is 0.446 e. The van der Waals surface area contributed by atoms with E-state index in [1.165, 1.54) is 7.05 Å². The highest BCUT2D eigenvalue weighted by molar-refractivity contribution is 8.00. The fraction of sp³-hybridized carbons (Fsp3) is 0.250. The van der Waals surface area contributed by atoms with Crippen molar-refractivity contribution in [1.29, 1.82) is 0 Å². The average Bonchev–Trinajstić information content (AvgIpc) is 2.19. The van der Waals surface area contributed by atoms with Gasteiger partial charge in [-0.1, -0.05) is 0 Å². The molecule has 0 aromatic heterocycles. The Bertz CT molecular complexity index is 514. The van der Waals surface area contributed by atoms with Gasteiger partial charge in [0.15, 0.2) is 0 Å². The summed E-state index contributed by atoms with van der Waals surface area (Å²) in [6.45, 7) is 0. The number of nitrogens with one attached hydrogen (secondary N) is 1. The lowest BCUT2D eigenvalue weighted by molar-refractivity contribution is -0.0328. The molecule has 1 aromatic carbocycles. The van der Waals surface area contributed by atoms with Crippen LogP contribution in [-0.2, 0) is 10.0 Å². The number of hydrogen-bond donors (Lipinski definition) is 2. The Morgan fingerprint density at radius 3 is 2.41 bits per heavy atom. The average molecular weight is 286 g/mol. The van der Waals surface area contributed by atoms with Crippen molar-refractivity contribution in [2.75, 3.05) is 12.8 Å². The van der Waals surface area contributed by atoms with Crippen LogP contribution in [0.25, 0.3) is 0 Å². The maximum atomic E-state index is 12.2. The van der Waals surface area contributed by atoms with Crippen LogP contribution in [0.15, 0.2) is 28.0 Å². The Labute approximate surface area is 100 Å². The first kappa shape index (κ1) is 14.1. The lowest BCUT2D eigenvalue weighted by Crippen LogP contribution is -2.18. The molecule has 0 saturated heterocycles. The molecule has 96 valence electrons. The summed E-state index contributed by atoms with van der Waals surface area (Å²) in [5.74, 6) is 0. The third-order valence-corrected chi connectivity index (χ3v) is 4.01. The quantitative estimate of drug-likeness (QED) is 0.656. The molecule has 0 spiro atoms. The molecule has 4 nitrogen and oxygen atoms in total. The normalized spacial score (nSPS) is 12.7. The van der Waals surface area contributed by atoms with Gasteiger partial charge < -0.3 is 5.73 Å². The summed E-state index contributed by atoms with van der Waals surface area (Å²) in [5.41, 5.74) is 0.705. The molecule has 3 N–H and O–H groups in total. The number of sulfonamides is 1. The van der Waals surface area contributed by atoms with E-state index in [-0.39, 0.29) is 15.5 Å². The van der Waals surface area contributed by atoms with Gasteiger partial charge in [-0.3, -0.25) is 0 Å². The molecule has 0 radical (unpaired) electrons. The van der Waals surface area contributed by atoms with Crippen LogP contribution < -0.4 is 10.5 Å². The maximum Gasteiger partial charge on any atom is 0.446 e. The van der Waals surface area contributed by atoms with E-state index >= 15 is 0 Å². The molecule has 0 amide bonds. The monoisotopic (exact) mass is 286 g/mol. The number of hydrogen-bond acceptors (Lipinski definition) is 4. The van der Waals surface area contributed by atoms with E-state index in [0.717, 1.165) is 18.2 Å². The predicted octanol–water partition coefficient (Wildman–Crippen LogP) is 1.79. The Kier molecular flexibility index (Phi) is 3.95. The number of anilines is 1. The highest BCUT2D eigenvalue weighted by Crippen LogP contribution is 2.40. The van der Waals surface area contributed by atoms with Gasteiger partial charge in [-0.05, 0) is 37.0 Å². The van der Waals surface area contributed by atoms with Crippen LogP contribution in [0.5, 0.6) is 0 Å². The van der Waals surface area contributed by atoms with E-state index in [9.17, 15) is 21.6 Å². The van der Waals surface area contributed by atoms with Gasteiger partial charge in [0.1, 0.15) is 0 Å². The van der Waals surface area contributed by atoms with Crippen LogP contribution in [-0.4, -0.2) is 21.0 Å². The summed E-state index contributed by atoms with van der Waals surface area (Å²) in [5, 5.41) is 0. The van der Waals surface area contributed by atoms with Crippen molar-refractivity contribution in [3.63, 3.8) is 0 Å². The second-order valence-corrected chi connectivity index (χ2v) is 5.95. The van der Waals surface area contributed by atoms with Crippen LogP contribution in [0.3, 0.4) is 0 Å². The summed E-state index contributed by atoms with van der Waals surface area (Å²) in [6.07, 6.45) is 0. The van der Waals surface area contributed by atoms with E-state index in [2.05, 4.69) is 0 Å². The third-order valence-electron chi connectivity index (χ3n) is 1.79. The molecule has 0 aliphatic heterocycles. The Balaban J connectivity index is 3.21. The van der Waals surface area contributed by atoms with Crippen LogP contribution in [0.1, 0.15) is 0 Å². The predicted molar refractivity (Wildman–Crippen MR) is 59.0 cm³/mol. The molecule has 0 heterocycles. The second kappa shape index (κ2) is 4.75. The number of rotatable bonds is 3. The lowest BCUT2D eigenvalue weighted by Gasteiger charge is -2.10. The van der Waals surface area contributed by atoms with E-state index < -0.39 is 27.3 Å². The van der Waals surface area contributed by atoms with Gasteiger partial charge in [-0.15, -0.1) is 0 Å². The summed E-state index contributed by atoms with van der Waals surface area (Å²) in [4.78, 5) is -0.602. The SMILES string of the molecule is CNS(=O)(=O)c1ccc(N)c(SC(F)(F)F)c1. The van der Waals surface area contributed by atoms with Crippen molar-refractivity contribution in [3.8, 4) is 0 Å². The van der Waals surface area contributed by atoms with Gasteiger partial charge in [0, 0.05) is 10.6 Å². The molecule has 0 fully saturated rings. The first-order valence-corrected chi connectivity index (χ1v) is 6.54. The fourth-order valence-electron chi connectivity index (χ4n) is 1.01. The van der Waals surface area contributed by atoms with Crippen molar-refractivity contribution < 1.29 is 21.6 Å². The number of thioether (sulfide) groups is 1. The minimum atomic E-state index is -4.52. The number of benzene rings is 1. The van der Waals surface area contributed by atoms with Crippen molar-refractivity contribution in [2.24, 2.45) is 0 Å². The molecule has 0 aliphatic rings. The van der Waals surface area contributed by atoms with Crippen LogP contribution >= 0.6 is 11.8 Å².